The highest BCUT2D eigenvalue weighted by Gasteiger charge is 2.28. The van der Waals surface area contributed by atoms with Crippen LogP contribution in [0.2, 0.25) is 0 Å². The van der Waals surface area contributed by atoms with E-state index in [4.69, 9.17) is 4.74 Å². The average Bonchev–Trinajstić information content (AvgIpc) is 3.21. The molecule has 1 N–H and O–H groups in total. The highest BCUT2D eigenvalue weighted by molar-refractivity contribution is 5.78. The molecule has 0 aliphatic heterocycles. The summed E-state index contributed by atoms with van der Waals surface area (Å²) >= 11 is 0. The van der Waals surface area contributed by atoms with Gasteiger partial charge in [-0.1, -0.05) is 0 Å². The largest absolute Gasteiger partial charge is 0.483 e. The highest BCUT2D eigenvalue weighted by atomic mass is 16.5. The number of hydrogen-bond acceptors (Lipinski definition) is 3. The van der Waals surface area contributed by atoms with Crippen molar-refractivity contribution in [1.29, 1.82) is 0 Å². The number of hydrogen-bond donors (Lipinski definition) is 1. The minimum Gasteiger partial charge on any atom is -0.483 e. The van der Waals surface area contributed by atoms with Gasteiger partial charge in [-0.3, -0.25) is 9.59 Å². The van der Waals surface area contributed by atoms with Crippen LogP contribution in [0.1, 0.15) is 41.3 Å². The van der Waals surface area contributed by atoms with Crippen molar-refractivity contribution < 1.29 is 14.3 Å². The molecule has 0 radical (unpaired) electrons. The van der Waals surface area contributed by atoms with Gasteiger partial charge in [0.25, 0.3) is 5.91 Å². The maximum atomic E-state index is 11.8. The molecule has 1 aromatic rings. The van der Waals surface area contributed by atoms with Crippen LogP contribution < -0.4 is 10.1 Å². The van der Waals surface area contributed by atoms with Crippen molar-refractivity contribution in [2.75, 3.05) is 6.61 Å². The normalized spacial score (nSPS) is 15.6. The Morgan fingerprint density at radius 3 is 2.50 bits per heavy atom. The van der Waals surface area contributed by atoms with Gasteiger partial charge in [0, 0.05) is 11.6 Å². The van der Waals surface area contributed by atoms with Crippen LogP contribution in [0.15, 0.2) is 12.1 Å². The first-order valence-electron chi connectivity index (χ1n) is 7.00. The van der Waals surface area contributed by atoms with Crippen LogP contribution in [0.5, 0.6) is 5.75 Å². The Bertz CT molecular complexity index is 497. The second kappa shape index (κ2) is 6.07. The number of carbonyl (C=O) groups excluding carboxylic acids is 2. The van der Waals surface area contributed by atoms with Crippen molar-refractivity contribution in [3.8, 4) is 5.75 Å². The molecular weight excluding hydrogens is 254 g/mol. The molecule has 0 spiro atoms. The van der Waals surface area contributed by atoms with E-state index in [2.05, 4.69) is 5.32 Å². The third-order valence-electron chi connectivity index (χ3n) is 3.68. The summed E-state index contributed by atoms with van der Waals surface area (Å²) in [6.45, 7) is 5.80. The van der Waals surface area contributed by atoms with E-state index >= 15 is 0 Å². The number of carbonyl (C=O) groups is 2. The Morgan fingerprint density at radius 1 is 1.40 bits per heavy atom. The summed E-state index contributed by atoms with van der Waals surface area (Å²) in [4.78, 5) is 22.6. The molecule has 0 aromatic heterocycles. The summed E-state index contributed by atoms with van der Waals surface area (Å²) in [5.41, 5.74) is 2.37. The molecule has 1 saturated carbocycles. The van der Waals surface area contributed by atoms with Crippen LogP contribution >= 0.6 is 0 Å². The number of aryl methyl sites for hydroxylation is 2. The van der Waals surface area contributed by atoms with Gasteiger partial charge in [0.2, 0.25) is 0 Å². The molecule has 2 rings (SSSR count). The Kier molecular flexibility index (Phi) is 4.42. The number of ether oxygens (including phenoxy) is 1. The van der Waals surface area contributed by atoms with Crippen LogP contribution in [-0.4, -0.2) is 24.8 Å². The summed E-state index contributed by atoms with van der Waals surface area (Å²) < 4.78 is 5.60. The lowest BCUT2D eigenvalue weighted by atomic mass is 10.1. The molecule has 1 aliphatic carbocycles. The maximum Gasteiger partial charge on any atom is 0.258 e. The summed E-state index contributed by atoms with van der Waals surface area (Å²) in [6, 6.07) is 3.76. The van der Waals surface area contributed by atoms with Gasteiger partial charge in [-0.25, -0.2) is 0 Å². The molecule has 20 heavy (non-hydrogen) atoms. The molecule has 0 bridgehead atoms. The van der Waals surface area contributed by atoms with Gasteiger partial charge in [0.15, 0.2) is 6.61 Å². The first-order valence-corrected chi connectivity index (χ1v) is 7.00. The fraction of sp³-hybridized carbons (Fsp3) is 0.500. The molecule has 108 valence electrons. The Morgan fingerprint density at radius 2 is 2.00 bits per heavy atom. The molecule has 1 atom stereocenters. The zero-order valence-corrected chi connectivity index (χ0v) is 12.2. The lowest BCUT2D eigenvalue weighted by Crippen LogP contribution is -2.37. The van der Waals surface area contributed by atoms with Crippen molar-refractivity contribution >= 4 is 12.2 Å². The van der Waals surface area contributed by atoms with Crippen LogP contribution in [0.25, 0.3) is 0 Å². The summed E-state index contributed by atoms with van der Waals surface area (Å²) in [5, 5.41) is 2.95. The van der Waals surface area contributed by atoms with Crippen molar-refractivity contribution in [2.24, 2.45) is 5.92 Å². The highest BCUT2D eigenvalue weighted by Crippen LogP contribution is 2.32. The standard InChI is InChI=1S/C16H21NO3/c1-10-6-13(8-18)7-11(2)16(10)20-9-15(19)17-12(3)14-4-5-14/h6-8,12,14H,4-5,9H2,1-3H3,(H,17,19). The second-order valence-corrected chi connectivity index (χ2v) is 5.58. The molecule has 4 heteroatoms. The van der Waals surface area contributed by atoms with Gasteiger partial charge in [0.05, 0.1) is 0 Å². The average molecular weight is 275 g/mol. The van der Waals surface area contributed by atoms with Crippen LogP contribution in [0.4, 0.5) is 0 Å². The molecular formula is C16H21NO3. The minimum atomic E-state index is -0.0948. The third-order valence-corrected chi connectivity index (χ3v) is 3.68. The molecule has 1 unspecified atom stereocenters. The lowest BCUT2D eigenvalue weighted by molar-refractivity contribution is -0.123. The summed E-state index contributed by atoms with van der Waals surface area (Å²) in [5.74, 6) is 1.22. The molecule has 1 aromatic carbocycles. The van der Waals surface area contributed by atoms with Crippen molar-refractivity contribution in [3.63, 3.8) is 0 Å². The van der Waals surface area contributed by atoms with E-state index in [9.17, 15) is 9.59 Å². The molecule has 1 fully saturated rings. The maximum absolute atomic E-state index is 11.8. The van der Waals surface area contributed by atoms with E-state index < -0.39 is 0 Å². The fourth-order valence-corrected chi connectivity index (χ4v) is 2.43. The number of rotatable bonds is 6. The number of benzene rings is 1. The van der Waals surface area contributed by atoms with Crippen LogP contribution in [-0.2, 0) is 4.79 Å². The molecule has 4 nitrogen and oxygen atoms in total. The first kappa shape index (κ1) is 14.6. The predicted octanol–water partition coefficient (Wildman–Crippen LogP) is 2.41. The SMILES string of the molecule is Cc1cc(C=O)cc(C)c1OCC(=O)NC(C)C1CC1. The fourth-order valence-electron chi connectivity index (χ4n) is 2.43. The van der Waals surface area contributed by atoms with E-state index in [-0.39, 0.29) is 18.6 Å². The quantitative estimate of drug-likeness (QED) is 0.811. The van der Waals surface area contributed by atoms with E-state index in [1.807, 2.05) is 20.8 Å². The van der Waals surface area contributed by atoms with Crippen molar-refractivity contribution in [2.45, 2.75) is 39.7 Å². The number of aldehydes is 1. The molecule has 1 amide bonds. The van der Waals surface area contributed by atoms with Gasteiger partial charge >= 0.3 is 0 Å². The van der Waals surface area contributed by atoms with Gasteiger partial charge < -0.3 is 10.1 Å². The Balaban J connectivity index is 1.93. The third kappa shape index (κ3) is 3.59. The predicted molar refractivity (Wildman–Crippen MR) is 77.1 cm³/mol. The van der Waals surface area contributed by atoms with Crippen molar-refractivity contribution in [1.82, 2.24) is 5.32 Å². The number of amides is 1. The molecule has 0 saturated heterocycles. The Labute approximate surface area is 119 Å². The lowest BCUT2D eigenvalue weighted by Gasteiger charge is -2.15. The Hall–Kier alpha value is -1.84. The van der Waals surface area contributed by atoms with Gasteiger partial charge in [-0.05, 0) is 62.8 Å². The first-order chi connectivity index (χ1) is 9.51. The molecule has 1 aliphatic rings. The van der Waals surface area contributed by atoms with E-state index in [1.54, 1.807) is 12.1 Å². The van der Waals surface area contributed by atoms with Crippen LogP contribution in [0.3, 0.4) is 0 Å². The van der Waals surface area contributed by atoms with Gasteiger partial charge in [0.1, 0.15) is 12.0 Å². The zero-order valence-electron chi connectivity index (χ0n) is 12.2. The van der Waals surface area contributed by atoms with Crippen molar-refractivity contribution in [3.05, 3.63) is 28.8 Å². The summed E-state index contributed by atoms with van der Waals surface area (Å²) in [6.07, 6.45) is 3.22. The minimum absolute atomic E-state index is 0.0131. The summed E-state index contributed by atoms with van der Waals surface area (Å²) in [7, 11) is 0. The zero-order chi connectivity index (χ0) is 14.7. The number of nitrogens with one attached hydrogen (secondary N) is 1. The van der Waals surface area contributed by atoms with Crippen LogP contribution in [0, 0.1) is 19.8 Å². The van der Waals surface area contributed by atoms with Gasteiger partial charge in [-0.15, -0.1) is 0 Å². The van der Waals surface area contributed by atoms with E-state index in [0.717, 1.165) is 17.4 Å². The van der Waals surface area contributed by atoms with E-state index in [0.29, 0.717) is 17.2 Å². The molecule has 0 heterocycles. The monoisotopic (exact) mass is 275 g/mol. The second-order valence-electron chi connectivity index (χ2n) is 5.58. The van der Waals surface area contributed by atoms with Gasteiger partial charge in [-0.2, -0.15) is 0 Å². The smallest absolute Gasteiger partial charge is 0.258 e. The van der Waals surface area contributed by atoms with E-state index in [1.165, 1.54) is 12.8 Å². The topological polar surface area (TPSA) is 55.4 Å².